The number of aromatic nitrogens is 1. The zero-order chi connectivity index (χ0) is 13.5. The second-order valence-electron chi connectivity index (χ2n) is 5.79. The second kappa shape index (κ2) is 4.25. The lowest BCUT2D eigenvalue weighted by molar-refractivity contribution is 0.587. The van der Waals surface area contributed by atoms with Crippen LogP contribution >= 0.6 is 0 Å². The number of benzene rings is 1. The van der Waals surface area contributed by atoms with Gasteiger partial charge in [0, 0.05) is 25.2 Å². The Morgan fingerprint density at radius 2 is 1.89 bits per heavy atom. The molecule has 0 unspecified atom stereocenters. The number of hydrogen-bond donors (Lipinski definition) is 1. The van der Waals surface area contributed by atoms with Crippen LogP contribution in [0.3, 0.4) is 0 Å². The molecule has 1 heterocycles. The van der Waals surface area contributed by atoms with Crippen molar-refractivity contribution in [2.24, 2.45) is 12.8 Å². The number of hydrogen-bond acceptors (Lipinski definition) is 2. The standard InChI is InChI=1S/C15H20N2O/c1-15(2,3)13-9-17(4)14(18)12-7-10(8-16)5-6-11(12)13/h5-7,9H,8,16H2,1-4H3. The molecule has 0 spiro atoms. The van der Waals surface area contributed by atoms with E-state index in [1.807, 2.05) is 24.4 Å². The number of fused-ring (bicyclic) bond motifs is 1. The summed E-state index contributed by atoms with van der Waals surface area (Å²) in [6.07, 6.45) is 1.94. The van der Waals surface area contributed by atoms with Crippen molar-refractivity contribution in [1.82, 2.24) is 4.57 Å². The Hall–Kier alpha value is -1.61. The summed E-state index contributed by atoms with van der Waals surface area (Å²) in [5.74, 6) is 0. The van der Waals surface area contributed by atoms with E-state index in [2.05, 4.69) is 20.8 Å². The minimum Gasteiger partial charge on any atom is -0.326 e. The Bertz CT molecular complexity index is 648. The van der Waals surface area contributed by atoms with Gasteiger partial charge in [-0.05, 0) is 28.0 Å². The summed E-state index contributed by atoms with van der Waals surface area (Å²) < 4.78 is 1.66. The third kappa shape index (κ3) is 2.06. The molecule has 0 atom stereocenters. The Balaban J connectivity index is 2.91. The zero-order valence-electron chi connectivity index (χ0n) is 11.4. The summed E-state index contributed by atoms with van der Waals surface area (Å²) in [5.41, 5.74) is 7.86. The maximum atomic E-state index is 12.2. The highest BCUT2D eigenvalue weighted by molar-refractivity contribution is 5.86. The normalized spacial score (nSPS) is 12.1. The Kier molecular flexibility index (Phi) is 3.03. The number of aryl methyl sites for hydroxylation is 1. The van der Waals surface area contributed by atoms with E-state index in [1.54, 1.807) is 11.6 Å². The van der Waals surface area contributed by atoms with E-state index in [1.165, 1.54) is 5.56 Å². The summed E-state index contributed by atoms with van der Waals surface area (Å²) >= 11 is 0. The molecule has 0 saturated heterocycles. The van der Waals surface area contributed by atoms with E-state index in [0.29, 0.717) is 6.54 Å². The van der Waals surface area contributed by atoms with Crippen molar-refractivity contribution in [3.8, 4) is 0 Å². The molecule has 0 bridgehead atoms. The molecule has 2 aromatic rings. The van der Waals surface area contributed by atoms with E-state index >= 15 is 0 Å². The topological polar surface area (TPSA) is 48.0 Å². The van der Waals surface area contributed by atoms with Gasteiger partial charge in [-0.3, -0.25) is 4.79 Å². The SMILES string of the molecule is Cn1cc(C(C)(C)C)c2ccc(CN)cc2c1=O. The molecule has 96 valence electrons. The van der Waals surface area contributed by atoms with Gasteiger partial charge in [-0.25, -0.2) is 0 Å². The number of rotatable bonds is 1. The monoisotopic (exact) mass is 244 g/mol. The molecule has 0 aliphatic rings. The second-order valence-corrected chi connectivity index (χ2v) is 5.79. The lowest BCUT2D eigenvalue weighted by Crippen LogP contribution is -2.22. The highest BCUT2D eigenvalue weighted by Crippen LogP contribution is 2.28. The smallest absolute Gasteiger partial charge is 0.258 e. The fourth-order valence-corrected chi connectivity index (χ4v) is 2.24. The van der Waals surface area contributed by atoms with Crippen LogP contribution in [0.5, 0.6) is 0 Å². The lowest BCUT2D eigenvalue weighted by Gasteiger charge is -2.22. The fraction of sp³-hybridized carbons (Fsp3) is 0.400. The van der Waals surface area contributed by atoms with Crippen LogP contribution in [0, 0.1) is 0 Å². The third-order valence-electron chi connectivity index (χ3n) is 3.29. The Labute approximate surface area is 107 Å². The Morgan fingerprint density at radius 3 is 2.44 bits per heavy atom. The van der Waals surface area contributed by atoms with Gasteiger partial charge in [0.15, 0.2) is 0 Å². The van der Waals surface area contributed by atoms with Crippen molar-refractivity contribution in [3.63, 3.8) is 0 Å². The minimum absolute atomic E-state index is 0.00788. The van der Waals surface area contributed by atoms with Gasteiger partial charge in [-0.15, -0.1) is 0 Å². The highest BCUT2D eigenvalue weighted by Gasteiger charge is 2.19. The molecule has 0 aliphatic heterocycles. The molecule has 1 aromatic carbocycles. The van der Waals surface area contributed by atoms with Crippen LogP contribution in [-0.4, -0.2) is 4.57 Å². The first kappa shape index (κ1) is 12.8. The van der Waals surface area contributed by atoms with Crippen molar-refractivity contribution < 1.29 is 0 Å². The average molecular weight is 244 g/mol. The minimum atomic E-state index is 0.00788. The van der Waals surface area contributed by atoms with Crippen LogP contribution in [0.1, 0.15) is 31.9 Å². The molecule has 1 aromatic heterocycles. The van der Waals surface area contributed by atoms with Gasteiger partial charge in [-0.2, -0.15) is 0 Å². The summed E-state index contributed by atoms with van der Waals surface area (Å²) in [4.78, 5) is 12.2. The van der Waals surface area contributed by atoms with Crippen LogP contribution in [0.4, 0.5) is 0 Å². The molecule has 2 rings (SSSR count). The molecule has 0 aliphatic carbocycles. The van der Waals surface area contributed by atoms with Gasteiger partial charge < -0.3 is 10.3 Å². The van der Waals surface area contributed by atoms with Crippen LogP contribution in [-0.2, 0) is 19.0 Å². The lowest BCUT2D eigenvalue weighted by atomic mass is 9.85. The molecule has 0 amide bonds. The quantitative estimate of drug-likeness (QED) is 0.836. The average Bonchev–Trinajstić information content (AvgIpc) is 2.31. The van der Waals surface area contributed by atoms with Crippen LogP contribution < -0.4 is 11.3 Å². The zero-order valence-corrected chi connectivity index (χ0v) is 11.4. The summed E-state index contributed by atoms with van der Waals surface area (Å²) in [6, 6.07) is 5.92. The van der Waals surface area contributed by atoms with Crippen molar-refractivity contribution in [2.75, 3.05) is 0 Å². The third-order valence-corrected chi connectivity index (χ3v) is 3.29. The summed E-state index contributed by atoms with van der Waals surface area (Å²) in [7, 11) is 1.80. The van der Waals surface area contributed by atoms with Gasteiger partial charge in [0.05, 0.1) is 0 Å². The van der Waals surface area contributed by atoms with Gasteiger partial charge in [0.1, 0.15) is 0 Å². The molecular formula is C15H20N2O. The molecule has 2 N–H and O–H groups in total. The van der Waals surface area contributed by atoms with Crippen molar-refractivity contribution in [2.45, 2.75) is 32.7 Å². The van der Waals surface area contributed by atoms with E-state index < -0.39 is 0 Å². The summed E-state index contributed by atoms with van der Waals surface area (Å²) in [5, 5.41) is 1.79. The number of nitrogens with zero attached hydrogens (tertiary/aromatic N) is 1. The van der Waals surface area contributed by atoms with Gasteiger partial charge >= 0.3 is 0 Å². The highest BCUT2D eigenvalue weighted by atomic mass is 16.1. The molecule has 0 saturated carbocycles. The van der Waals surface area contributed by atoms with Gasteiger partial charge in [0.25, 0.3) is 5.56 Å². The molecule has 18 heavy (non-hydrogen) atoms. The number of pyridine rings is 1. The maximum Gasteiger partial charge on any atom is 0.258 e. The maximum absolute atomic E-state index is 12.2. The summed E-state index contributed by atoms with van der Waals surface area (Å²) in [6.45, 7) is 6.92. The van der Waals surface area contributed by atoms with Crippen molar-refractivity contribution in [1.29, 1.82) is 0 Å². The van der Waals surface area contributed by atoms with Crippen molar-refractivity contribution >= 4 is 10.8 Å². The van der Waals surface area contributed by atoms with E-state index in [4.69, 9.17) is 5.73 Å². The largest absolute Gasteiger partial charge is 0.326 e. The van der Waals surface area contributed by atoms with Crippen LogP contribution in [0.15, 0.2) is 29.2 Å². The predicted octanol–water partition coefficient (Wildman–Crippen LogP) is 2.29. The van der Waals surface area contributed by atoms with Gasteiger partial charge in [0.2, 0.25) is 0 Å². The first-order chi connectivity index (χ1) is 8.34. The first-order valence-electron chi connectivity index (χ1n) is 6.17. The molecule has 3 nitrogen and oxygen atoms in total. The van der Waals surface area contributed by atoms with Crippen LogP contribution in [0.25, 0.3) is 10.8 Å². The van der Waals surface area contributed by atoms with E-state index in [-0.39, 0.29) is 11.0 Å². The van der Waals surface area contributed by atoms with Crippen LogP contribution in [0.2, 0.25) is 0 Å². The molecule has 3 heteroatoms. The first-order valence-corrected chi connectivity index (χ1v) is 6.17. The molecular weight excluding hydrogens is 224 g/mol. The number of nitrogens with two attached hydrogens (primary N) is 1. The Morgan fingerprint density at radius 1 is 1.22 bits per heavy atom. The fourth-order valence-electron chi connectivity index (χ4n) is 2.24. The predicted molar refractivity (Wildman–Crippen MR) is 75.8 cm³/mol. The van der Waals surface area contributed by atoms with E-state index in [9.17, 15) is 4.79 Å². The van der Waals surface area contributed by atoms with E-state index in [0.717, 1.165) is 16.3 Å². The molecule has 0 fully saturated rings. The molecule has 0 radical (unpaired) electrons. The van der Waals surface area contributed by atoms with Gasteiger partial charge in [-0.1, -0.05) is 32.9 Å². The van der Waals surface area contributed by atoms with Crippen molar-refractivity contribution in [3.05, 3.63) is 45.9 Å².